The first-order valence-corrected chi connectivity index (χ1v) is 3.37. The first-order chi connectivity index (χ1) is 6.47. The van der Waals surface area contributed by atoms with E-state index in [1.807, 2.05) is 0 Å². The van der Waals surface area contributed by atoms with Crippen molar-refractivity contribution in [1.29, 1.82) is 0 Å². The largest absolute Gasteiger partial charge is 0.478 e. The molecule has 0 aromatic rings. The summed E-state index contributed by atoms with van der Waals surface area (Å²) < 4.78 is 8.48. The fraction of sp³-hybridized carbons (Fsp3) is 0.125. The van der Waals surface area contributed by atoms with Crippen LogP contribution in [-0.4, -0.2) is 30.1 Å². The second kappa shape index (κ2) is 5.52. The van der Waals surface area contributed by atoms with Crippen LogP contribution in [0.1, 0.15) is 0 Å². The third kappa shape index (κ3) is 4.70. The average Bonchev–Trinajstić information content (AvgIpc) is 2.13. The Labute approximate surface area is 79.4 Å². The molecule has 0 amide bonds. The highest BCUT2D eigenvalue weighted by Crippen LogP contribution is 1.97. The Bertz CT molecular complexity index is 301. The van der Waals surface area contributed by atoms with Gasteiger partial charge in [-0.3, -0.25) is 0 Å². The van der Waals surface area contributed by atoms with E-state index in [-0.39, 0.29) is 0 Å². The minimum absolute atomic E-state index is 0.507. The minimum atomic E-state index is -1.30. The van der Waals surface area contributed by atoms with E-state index in [1.165, 1.54) is 0 Å². The molecule has 0 aliphatic rings. The molecule has 0 aromatic heterocycles. The molecular weight excluding hydrogens is 192 g/mol. The van der Waals surface area contributed by atoms with E-state index in [0.29, 0.717) is 12.2 Å². The molecule has 6 nitrogen and oxygen atoms in total. The van der Waals surface area contributed by atoms with Crippen LogP contribution in [0, 0.1) is 0 Å². The number of esters is 2. The van der Waals surface area contributed by atoms with E-state index in [1.54, 1.807) is 0 Å². The van der Waals surface area contributed by atoms with Crippen LogP contribution in [0.3, 0.4) is 0 Å². The van der Waals surface area contributed by atoms with Crippen LogP contribution in [0.15, 0.2) is 24.5 Å². The number of hydrogen-bond acceptors (Lipinski definition) is 5. The highest BCUT2D eigenvalue weighted by Gasteiger charge is 2.11. The molecule has 0 unspecified atom stereocenters. The minimum Gasteiger partial charge on any atom is -0.478 e. The third-order valence-electron chi connectivity index (χ3n) is 0.999. The summed E-state index contributed by atoms with van der Waals surface area (Å²) in [6.45, 7) is 3.09. The van der Waals surface area contributed by atoms with Crippen molar-refractivity contribution >= 4 is 17.9 Å². The molecule has 6 heteroatoms. The second-order valence-corrected chi connectivity index (χ2v) is 2.01. The summed E-state index contributed by atoms with van der Waals surface area (Å²) in [5, 5.41) is 8.14. The fourth-order valence-electron chi connectivity index (χ4n) is 0.450. The van der Waals surface area contributed by atoms with Gasteiger partial charge in [0, 0.05) is 12.2 Å². The third-order valence-corrected chi connectivity index (χ3v) is 0.999. The van der Waals surface area contributed by atoms with E-state index < -0.39 is 23.7 Å². The normalized spacial score (nSPS) is 9.50. The quantitative estimate of drug-likeness (QED) is 0.386. The summed E-state index contributed by atoms with van der Waals surface area (Å²) in [6.07, 6.45) is 1.23. The van der Waals surface area contributed by atoms with Crippen LogP contribution in [0.2, 0.25) is 0 Å². The first-order valence-electron chi connectivity index (χ1n) is 3.37. The molecule has 0 aromatic carbocycles. The lowest BCUT2D eigenvalue weighted by Crippen LogP contribution is -2.10. The van der Waals surface area contributed by atoms with Gasteiger partial charge in [-0.05, 0) is 6.58 Å². The Hall–Kier alpha value is -2.11. The van der Waals surface area contributed by atoms with Gasteiger partial charge >= 0.3 is 17.9 Å². The van der Waals surface area contributed by atoms with Gasteiger partial charge in [-0.1, -0.05) is 0 Å². The SMILES string of the molecule is C=C(OC(=O)/C=C\C(=O)O)C(=O)OC. The number of carboxylic acid groups (broad SMARTS) is 1. The number of aliphatic carboxylic acids is 1. The molecule has 1 N–H and O–H groups in total. The van der Waals surface area contributed by atoms with Gasteiger partial charge in [0.1, 0.15) is 0 Å². The summed E-state index contributed by atoms with van der Waals surface area (Å²) in [4.78, 5) is 31.4. The molecule has 0 aliphatic carbocycles. The van der Waals surface area contributed by atoms with Gasteiger partial charge in [0.2, 0.25) is 5.76 Å². The molecule has 14 heavy (non-hydrogen) atoms. The summed E-state index contributed by atoms with van der Waals surface area (Å²) in [5.74, 6) is -3.72. The van der Waals surface area contributed by atoms with Crippen molar-refractivity contribution < 1.29 is 29.0 Å². The van der Waals surface area contributed by atoms with Crippen molar-refractivity contribution in [3.8, 4) is 0 Å². The molecule has 0 spiro atoms. The van der Waals surface area contributed by atoms with Gasteiger partial charge in [0.25, 0.3) is 0 Å². The Morgan fingerprint density at radius 3 is 2.29 bits per heavy atom. The second-order valence-electron chi connectivity index (χ2n) is 2.01. The molecule has 0 atom stereocenters. The number of carbonyl (C=O) groups excluding carboxylic acids is 2. The van der Waals surface area contributed by atoms with Crippen molar-refractivity contribution in [2.24, 2.45) is 0 Å². The van der Waals surface area contributed by atoms with E-state index >= 15 is 0 Å². The van der Waals surface area contributed by atoms with Gasteiger partial charge in [-0.2, -0.15) is 0 Å². The Kier molecular flexibility index (Phi) is 4.69. The molecule has 0 bridgehead atoms. The van der Waals surface area contributed by atoms with Crippen molar-refractivity contribution in [1.82, 2.24) is 0 Å². The molecule has 0 saturated heterocycles. The lowest BCUT2D eigenvalue weighted by atomic mass is 10.5. The van der Waals surface area contributed by atoms with Crippen LogP contribution < -0.4 is 0 Å². The highest BCUT2D eigenvalue weighted by molar-refractivity contribution is 5.94. The van der Waals surface area contributed by atoms with E-state index in [2.05, 4.69) is 16.1 Å². The maximum Gasteiger partial charge on any atom is 0.373 e. The van der Waals surface area contributed by atoms with Gasteiger partial charge in [-0.25, -0.2) is 14.4 Å². The van der Waals surface area contributed by atoms with Crippen LogP contribution >= 0.6 is 0 Å². The molecule has 0 rings (SSSR count). The Balaban J connectivity index is 4.14. The summed E-state index contributed by atoms with van der Waals surface area (Å²) in [6, 6.07) is 0. The first kappa shape index (κ1) is 11.9. The highest BCUT2D eigenvalue weighted by atomic mass is 16.6. The monoisotopic (exact) mass is 200 g/mol. The van der Waals surface area contributed by atoms with Crippen LogP contribution in [0.5, 0.6) is 0 Å². The predicted octanol–water partition coefficient (Wildman–Crippen LogP) is -0.143. The fourth-order valence-corrected chi connectivity index (χ4v) is 0.450. The van der Waals surface area contributed by atoms with Crippen molar-refractivity contribution in [2.45, 2.75) is 0 Å². The standard InChI is InChI=1S/C8H8O6/c1-5(8(12)13-2)14-7(11)4-3-6(9)10/h3-4H,1H2,2H3,(H,9,10)/b4-3-. The molecule has 0 saturated carbocycles. The number of carbonyl (C=O) groups is 3. The van der Waals surface area contributed by atoms with Gasteiger partial charge < -0.3 is 14.6 Å². The summed E-state index contributed by atoms with van der Waals surface area (Å²) in [7, 11) is 1.09. The maximum atomic E-state index is 10.7. The lowest BCUT2D eigenvalue weighted by Gasteiger charge is -2.01. The van der Waals surface area contributed by atoms with Crippen LogP contribution in [-0.2, 0) is 23.9 Å². The summed E-state index contributed by atoms with van der Waals surface area (Å²) >= 11 is 0. The molecule has 0 aliphatic heterocycles. The Morgan fingerprint density at radius 2 is 1.86 bits per heavy atom. The average molecular weight is 200 g/mol. The van der Waals surface area contributed by atoms with Crippen LogP contribution in [0.25, 0.3) is 0 Å². The molecule has 0 radical (unpaired) electrons. The van der Waals surface area contributed by atoms with Gasteiger partial charge in [0.05, 0.1) is 7.11 Å². The number of ether oxygens (including phenoxy) is 2. The number of carboxylic acids is 1. The zero-order valence-electron chi connectivity index (χ0n) is 7.35. The van der Waals surface area contributed by atoms with E-state index in [0.717, 1.165) is 7.11 Å². The van der Waals surface area contributed by atoms with Gasteiger partial charge in [0.15, 0.2) is 0 Å². The Morgan fingerprint density at radius 1 is 1.29 bits per heavy atom. The zero-order chi connectivity index (χ0) is 11.1. The number of rotatable bonds is 4. The summed E-state index contributed by atoms with van der Waals surface area (Å²) in [5.41, 5.74) is 0. The maximum absolute atomic E-state index is 10.7. The number of hydrogen-bond donors (Lipinski definition) is 1. The van der Waals surface area contributed by atoms with Crippen LogP contribution in [0.4, 0.5) is 0 Å². The molecular formula is C8H8O6. The smallest absolute Gasteiger partial charge is 0.373 e. The number of methoxy groups -OCH3 is 1. The van der Waals surface area contributed by atoms with Crippen molar-refractivity contribution in [3.05, 3.63) is 24.5 Å². The van der Waals surface area contributed by atoms with Crippen molar-refractivity contribution in [3.63, 3.8) is 0 Å². The van der Waals surface area contributed by atoms with Crippen molar-refractivity contribution in [2.75, 3.05) is 7.11 Å². The zero-order valence-corrected chi connectivity index (χ0v) is 7.35. The topological polar surface area (TPSA) is 89.9 Å². The van der Waals surface area contributed by atoms with E-state index in [9.17, 15) is 14.4 Å². The lowest BCUT2D eigenvalue weighted by molar-refractivity contribution is -0.147. The van der Waals surface area contributed by atoms with Gasteiger partial charge in [-0.15, -0.1) is 0 Å². The molecule has 0 fully saturated rings. The molecule has 76 valence electrons. The molecule has 0 heterocycles. The predicted molar refractivity (Wildman–Crippen MR) is 44.0 cm³/mol. The van der Waals surface area contributed by atoms with E-state index in [4.69, 9.17) is 5.11 Å².